The Bertz CT molecular complexity index is 32.9. The molecular formula is C2H4Cl2OSi2. The first-order valence-corrected chi connectivity index (χ1v) is 4.95. The van der Waals surface area contributed by atoms with Crippen LogP contribution in [0.3, 0.4) is 0 Å². The molecule has 0 saturated heterocycles. The van der Waals surface area contributed by atoms with E-state index in [9.17, 15) is 0 Å². The molecule has 5 heteroatoms. The summed E-state index contributed by atoms with van der Waals surface area (Å²) in [5.74, 6) is 0. The summed E-state index contributed by atoms with van der Waals surface area (Å²) in [6.07, 6.45) is 0. The molecule has 0 atom stereocenters. The summed E-state index contributed by atoms with van der Waals surface area (Å²) in [5.41, 5.74) is 1.17. The smallest absolute Gasteiger partial charge is 0.231 e. The van der Waals surface area contributed by atoms with Gasteiger partial charge in [0.1, 0.15) is 0 Å². The molecule has 0 aromatic carbocycles. The third-order valence-electron chi connectivity index (χ3n) is 0.253. The van der Waals surface area contributed by atoms with Gasteiger partial charge in [0.05, 0.1) is 0 Å². The van der Waals surface area contributed by atoms with Gasteiger partial charge >= 0.3 is 0 Å². The van der Waals surface area contributed by atoms with Crippen LogP contribution < -0.4 is 0 Å². The third-order valence-corrected chi connectivity index (χ3v) is 2.28. The standard InChI is InChI=1S/C2H4Cl2OSi2/c3-1-6-5-7-2-4/h1-2H2. The quantitative estimate of drug-likeness (QED) is 0.342. The first kappa shape index (κ1) is 7.97. The summed E-state index contributed by atoms with van der Waals surface area (Å²) in [7, 11) is 0.830. The third kappa shape index (κ3) is 6.97. The Morgan fingerprint density at radius 1 is 1.14 bits per heavy atom. The Balaban J connectivity index is 2.45. The van der Waals surface area contributed by atoms with E-state index in [2.05, 4.69) is 0 Å². The molecule has 0 heterocycles. The normalized spacial score (nSPS) is 9.43. The summed E-state index contributed by atoms with van der Waals surface area (Å²) in [6.45, 7) is 0. The van der Waals surface area contributed by atoms with Crippen LogP contribution >= 0.6 is 23.2 Å². The minimum absolute atomic E-state index is 0.415. The average molecular weight is 171 g/mol. The van der Waals surface area contributed by atoms with E-state index in [0.29, 0.717) is 30.5 Å². The molecule has 0 aromatic heterocycles. The molecule has 0 saturated carbocycles. The maximum Gasteiger partial charge on any atom is 0.231 e. The summed E-state index contributed by atoms with van der Waals surface area (Å²) >= 11 is 10.6. The molecule has 0 aliphatic carbocycles. The van der Waals surface area contributed by atoms with Crippen molar-refractivity contribution in [3.8, 4) is 0 Å². The Labute approximate surface area is 58.2 Å². The zero-order valence-corrected chi connectivity index (χ0v) is 7.09. The molecule has 4 radical (unpaired) electrons. The van der Waals surface area contributed by atoms with Crippen molar-refractivity contribution in [2.75, 3.05) is 11.0 Å². The van der Waals surface area contributed by atoms with Crippen LogP contribution in [0, 0.1) is 0 Å². The zero-order chi connectivity index (χ0) is 5.54. The number of halogens is 2. The van der Waals surface area contributed by atoms with Crippen molar-refractivity contribution in [3.05, 3.63) is 0 Å². The topological polar surface area (TPSA) is 9.23 Å². The fourth-order valence-electron chi connectivity index (χ4n) is 0.106. The molecule has 0 spiro atoms. The largest absolute Gasteiger partial charge is 0.455 e. The lowest BCUT2D eigenvalue weighted by molar-refractivity contribution is 0.649. The highest BCUT2D eigenvalue weighted by Crippen LogP contribution is 1.74. The van der Waals surface area contributed by atoms with E-state index in [4.69, 9.17) is 27.3 Å². The maximum atomic E-state index is 5.29. The molecule has 1 nitrogen and oxygen atoms in total. The van der Waals surface area contributed by atoms with Gasteiger partial charge in [0, 0.05) is 11.0 Å². The van der Waals surface area contributed by atoms with Gasteiger partial charge in [-0.25, -0.2) is 0 Å². The zero-order valence-electron chi connectivity index (χ0n) is 3.58. The predicted molar refractivity (Wildman–Crippen MR) is 34.0 cm³/mol. The van der Waals surface area contributed by atoms with E-state index in [0.717, 1.165) is 0 Å². The summed E-state index contributed by atoms with van der Waals surface area (Å²) in [5, 5.41) is 0. The molecule has 0 rings (SSSR count). The van der Waals surface area contributed by atoms with Crippen LogP contribution in [0.15, 0.2) is 0 Å². The molecule has 0 amide bonds. The van der Waals surface area contributed by atoms with Crippen LogP contribution in [-0.4, -0.2) is 30.5 Å². The van der Waals surface area contributed by atoms with E-state index < -0.39 is 0 Å². The van der Waals surface area contributed by atoms with Crippen molar-refractivity contribution >= 4 is 42.7 Å². The Kier molecular flexibility index (Phi) is 7.94. The van der Waals surface area contributed by atoms with Gasteiger partial charge in [-0.05, 0) is 0 Å². The summed E-state index contributed by atoms with van der Waals surface area (Å²) in [6, 6.07) is 0. The van der Waals surface area contributed by atoms with Crippen molar-refractivity contribution in [2.45, 2.75) is 0 Å². The first-order valence-electron chi connectivity index (χ1n) is 1.65. The minimum atomic E-state index is 0.415. The molecular weight excluding hydrogens is 167 g/mol. The van der Waals surface area contributed by atoms with E-state index in [1.165, 1.54) is 0 Å². The number of hydrogen-bond donors (Lipinski definition) is 0. The molecule has 0 N–H and O–H groups in total. The van der Waals surface area contributed by atoms with E-state index in [1.54, 1.807) is 0 Å². The van der Waals surface area contributed by atoms with Crippen molar-refractivity contribution < 1.29 is 4.12 Å². The minimum Gasteiger partial charge on any atom is -0.455 e. The monoisotopic (exact) mass is 170 g/mol. The van der Waals surface area contributed by atoms with Gasteiger partial charge in [-0.1, -0.05) is 0 Å². The van der Waals surface area contributed by atoms with Crippen molar-refractivity contribution in [1.29, 1.82) is 0 Å². The Morgan fingerprint density at radius 3 is 1.86 bits per heavy atom. The second-order valence-electron chi connectivity index (χ2n) is 0.658. The highest BCUT2D eigenvalue weighted by Gasteiger charge is 1.86. The molecule has 0 bridgehead atoms. The highest BCUT2D eigenvalue weighted by atomic mass is 35.5. The van der Waals surface area contributed by atoms with Crippen LogP contribution in [0.5, 0.6) is 0 Å². The number of rotatable bonds is 4. The molecule has 40 valence electrons. The van der Waals surface area contributed by atoms with E-state index in [-0.39, 0.29) is 0 Å². The van der Waals surface area contributed by atoms with Gasteiger partial charge in [-0.2, -0.15) is 0 Å². The van der Waals surface area contributed by atoms with Gasteiger partial charge in [0.2, 0.25) is 19.5 Å². The van der Waals surface area contributed by atoms with Crippen LogP contribution in [0.25, 0.3) is 0 Å². The average Bonchev–Trinajstić information content (AvgIpc) is 1.69. The number of alkyl halides is 2. The van der Waals surface area contributed by atoms with E-state index in [1.807, 2.05) is 0 Å². The SMILES string of the molecule is ClC[Si]O[Si]CCl. The molecule has 0 aliphatic heterocycles. The van der Waals surface area contributed by atoms with Gasteiger partial charge in [0.15, 0.2) is 0 Å². The Hall–Kier alpha value is 0.974. The van der Waals surface area contributed by atoms with Gasteiger partial charge < -0.3 is 4.12 Å². The lowest BCUT2D eigenvalue weighted by Crippen LogP contribution is -2.06. The molecule has 0 aromatic rings. The van der Waals surface area contributed by atoms with Gasteiger partial charge in [0.25, 0.3) is 0 Å². The molecule has 0 fully saturated rings. The second-order valence-corrected chi connectivity index (χ2v) is 4.19. The lowest BCUT2D eigenvalue weighted by atomic mass is 11.9. The molecule has 0 aliphatic rings. The maximum absolute atomic E-state index is 5.29. The van der Waals surface area contributed by atoms with Gasteiger partial charge in [-0.3, -0.25) is 0 Å². The molecule has 7 heavy (non-hydrogen) atoms. The lowest BCUT2D eigenvalue weighted by Gasteiger charge is -1.89. The Morgan fingerprint density at radius 2 is 1.57 bits per heavy atom. The second kappa shape index (κ2) is 6.97. The fourth-order valence-corrected chi connectivity index (χ4v) is 1.93. The predicted octanol–water partition coefficient (Wildman–Crippen LogP) is 0.634. The first-order chi connectivity index (χ1) is 3.41. The van der Waals surface area contributed by atoms with Crippen LogP contribution in [-0.2, 0) is 4.12 Å². The van der Waals surface area contributed by atoms with Crippen molar-refractivity contribution in [2.24, 2.45) is 0 Å². The van der Waals surface area contributed by atoms with Crippen LogP contribution in [0.1, 0.15) is 0 Å². The summed E-state index contributed by atoms with van der Waals surface area (Å²) in [4.78, 5) is 0. The van der Waals surface area contributed by atoms with Crippen molar-refractivity contribution in [1.82, 2.24) is 0 Å². The van der Waals surface area contributed by atoms with Gasteiger partial charge in [-0.15, -0.1) is 23.2 Å². The van der Waals surface area contributed by atoms with Crippen LogP contribution in [0.4, 0.5) is 0 Å². The fraction of sp³-hybridized carbons (Fsp3) is 1.00. The number of hydrogen-bond acceptors (Lipinski definition) is 1. The summed E-state index contributed by atoms with van der Waals surface area (Å²) < 4.78 is 4.92. The molecule has 0 unspecified atom stereocenters. The van der Waals surface area contributed by atoms with Crippen LogP contribution in [0.2, 0.25) is 0 Å². The van der Waals surface area contributed by atoms with Crippen molar-refractivity contribution in [3.63, 3.8) is 0 Å². The van der Waals surface area contributed by atoms with E-state index >= 15 is 0 Å². The highest BCUT2D eigenvalue weighted by molar-refractivity contribution is 6.55.